The van der Waals surface area contributed by atoms with Crippen molar-refractivity contribution in [1.29, 1.82) is 0 Å². The first-order valence-corrected chi connectivity index (χ1v) is 11.3. The highest BCUT2D eigenvalue weighted by molar-refractivity contribution is 7.92. The van der Waals surface area contributed by atoms with Gasteiger partial charge in [0.05, 0.1) is 17.0 Å². The Morgan fingerprint density at radius 3 is 2.44 bits per heavy atom. The summed E-state index contributed by atoms with van der Waals surface area (Å²) < 4.78 is 38.0. The van der Waals surface area contributed by atoms with Crippen LogP contribution in [0.25, 0.3) is 0 Å². The molecule has 0 fully saturated rings. The third-order valence-electron chi connectivity index (χ3n) is 4.09. The lowest BCUT2D eigenvalue weighted by Crippen LogP contribution is -2.30. The van der Waals surface area contributed by atoms with E-state index >= 15 is 0 Å². The summed E-state index contributed by atoms with van der Waals surface area (Å²) in [5.41, 5.74) is 0.385. The zero-order chi connectivity index (χ0) is 23.3. The summed E-state index contributed by atoms with van der Waals surface area (Å²) >= 11 is 11.9. The van der Waals surface area contributed by atoms with Gasteiger partial charge in [-0.2, -0.15) is 0 Å². The van der Waals surface area contributed by atoms with E-state index in [0.717, 1.165) is 0 Å². The average molecular weight is 497 g/mol. The molecule has 0 aliphatic heterocycles. The van der Waals surface area contributed by atoms with Crippen LogP contribution in [0.1, 0.15) is 6.92 Å². The van der Waals surface area contributed by atoms with E-state index in [1.165, 1.54) is 49.8 Å². The van der Waals surface area contributed by atoms with Crippen LogP contribution in [-0.4, -0.2) is 37.5 Å². The number of amides is 1. The molecule has 0 spiro atoms. The first-order chi connectivity index (χ1) is 15.2. The first kappa shape index (κ1) is 23.6. The van der Waals surface area contributed by atoms with E-state index in [1.54, 1.807) is 19.1 Å². The van der Waals surface area contributed by atoms with Crippen LogP contribution in [0, 0.1) is 0 Å². The number of rotatable bonds is 8. The standard InChI is InChI=1S/C20H18Cl2N4O5S/c1-12(31-17-8-3-13(21)9-16(17)22)20(27)25-14-4-6-15(7-5-14)32(28,29)26-18-10-19(30-2)24-11-23-18/h3-12H,1-2H3,(H,25,27)(H,23,24,26)/t12-/m1/s1. The smallest absolute Gasteiger partial charge is 0.265 e. The van der Waals surface area contributed by atoms with Crippen LogP contribution in [0.15, 0.2) is 59.8 Å². The largest absolute Gasteiger partial charge is 0.481 e. The number of nitrogens with one attached hydrogen (secondary N) is 2. The van der Waals surface area contributed by atoms with E-state index in [-0.39, 0.29) is 21.6 Å². The van der Waals surface area contributed by atoms with E-state index in [1.807, 2.05) is 0 Å². The van der Waals surface area contributed by atoms with Crippen LogP contribution in [0.5, 0.6) is 11.6 Å². The molecule has 168 valence electrons. The highest BCUT2D eigenvalue weighted by atomic mass is 35.5. The number of carbonyl (C=O) groups is 1. The van der Waals surface area contributed by atoms with E-state index in [2.05, 4.69) is 20.0 Å². The van der Waals surface area contributed by atoms with Crippen LogP contribution in [0.3, 0.4) is 0 Å². The topological polar surface area (TPSA) is 120 Å². The summed E-state index contributed by atoms with van der Waals surface area (Å²) in [5.74, 6) is 0.137. The number of methoxy groups -OCH3 is 1. The second kappa shape index (κ2) is 10.0. The lowest BCUT2D eigenvalue weighted by molar-refractivity contribution is -0.122. The number of nitrogens with zero attached hydrogens (tertiary/aromatic N) is 2. The number of benzene rings is 2. The maximum Gasteiger partial charge on any atom is 0.265 e. The molecule has 0 aliphatic carbocycles. The zero-order valence-corrected chi connectivity index (χ0v) is 19.2. The van der Waals surface area contributed by atoms with Gasteiger partial charge in [0.1, 0.15) is 17.9 Å². The van der Waals surface area contributed by atoms with Gasteiger partial charge in [-0.15, -0.1) is 0 Å². The number of sulfonamides is 1. The Kier molecular flexibility index (Phi) is 7.39. The third kappa shape index (κ3) is 6.00. The van der Waals surface area contributed by atoms with Gasteiger partial charge < -0.3 is 14.8 Å². The normalized spacial score (nSPS) is 12.0. The van der Waals surface area contributed by atoms with E-state index in [4.69, 9.17) is 32.7 Å². The SMILES string of the molecule is COc1cc(NS(=O)(=O)c2ccc(NC(=O)[C@@H](C)Oc3ccc(Cl)cc3Cl)cc2)ncn1. The van der Waals surface area contributed by atoms with Gasteiger partial charge in [-0.25, -0.2) is 18.4 Å². The Hall–Kier alpha value is -3.08. The summed E-state index contributed by atoms with van der Waals surface area (Å²) in [4.78, 5) is 20.1. The molecule has 3 aromatic rings. The molecule has 1 atom stereocenters. The molecule has 0 saturated heterocycles. The fourth-order valence-corrected chi connectivity index (χ4v) is 3.93. The van der Waals surface area contributed by atoms with Crippen LogP contribution < -0.4 is 19.5 Å². The summed E-state index contributed by atoms with van der Waals surface area (Å²) in [6.07, 6.45) is 0.307. The van der Waals surface area contributed by atoms with Gasteiger partial charge in [-0.3, -0.25) is 9.52 Å². The second-order valence-electron chi connectivity index (χ2n) is 6.40. The predicted octanol–water partition coefficient (Wildman–Crippen LogP) is 4.00. The maximum absolute atomic E-state index is 12.6. The van der Waals surface area contributed by atoms with Crippen molar-refractivity contribution in [3.63, 3.8) is 0 Å². The molecular formula is C20H18Cl2N4O5S. The summed E-state index contributed by atoms with van der Waals surface area (Å²) in [5, 5.41) is 3.38. The van der Waals surface area contributed by atoms with Crippen LogP contribution in [0.2, 0.25) is 10.0 Å². The van der Waals surface area contributed by atoms with Crippen molar-refractivity contribution < 1.29 is 22.7 Å². The molecule has 0 saturated carbocycles. The molecule has 2 aromatic carbocycles. The number of hydrogen-bond acceptors (Lipinski definition) is 7. The fraction of sp³-hybridized carbons (Fsp3) is 0.150. The molecule has 0 bridgehead atoms. The van der Waals surface area contributed by atoms with Crippen LogP contribution in [-0.2, 0) is 14.8 Å². The highest BCUT2D eigenvalue weighted by Gasteiger charge is 2.18. The molecule has 3 rings (SSSR count). The van der Waals surface area contributed by atoms with E-state index in [0.29, 0.717) is 16.5 Å². The first-order valence-electron chi connectivity index (χ1n) is 9.09. The Morgan fingerprint density at radius 1 is 1.06 bits per heavy atom. The minimum Gasteiger partial charge on any atom is -0.481 e. The summed E-state index contributed by atoms with van der Waals surface area (Å²) in [6, 6.07) is 11.6. The van der Waals surface area contributed by atoms with E-state index in [9.17, 15) is 13.2 Å². The van der Waals surface area contributed by atoms with Gasteiger partial charge in [0.2, 0.25) is 5.88 Å². The number of ether oxygens (including phenoxy) is 2. The minimum absolute atomic E-state index is 0.0228. The molecule has 32 heavy (non-hydrogen) atoms. The number of hydrogen-bond donors (Lipinski definition) is 2. The second-order valence-corrected chi connectivity index (χ2v) is 8.93. The summed E-state index contributed by atoms with van der Waals surface area (Å²) in [7, 11) is -2.50. The Labute approximate surface area is 194 Å². The Bertz CT molecular complexity index is 1220. The zero-order valence-electron chi connectivity index (χ0n) is 16.9. The molecule has 0 aliphatic rings. The van der Waals surface area contributed by atoms with Gasteiger partial charge in [-0.05, 0) is 49.4 Å². The van der Waals surface area contributed by atoms with E-state index < -0.39 is 22.0 Å². The molecule has 0 radical (unpaired) electrons. The molecule has 2 N–H and O–H groups in total. The predicted molar refractivity (Wildman–Crippen MR) is 121 cm³/mol. The lowest BCUT2D eigenvalue weighted by atomic mass is 10.3. The number of aromatic nitrogens is 2. The van der Waals surface area contributed by atoms with Crippen molar-refractivity contribution in [3.8, 4) is 11.6 Å². The van der Waals surface area contributed by atoms with Gasteiger partial charge in [0.25, 0.3) is 15.9 Å². The number of halogens is 2. The van der Waals surface area contributed by atoms with Crippen molar-refractivity contribution in [2.24, 2.45) is 0 Å². The number of carbonyl (C=O) groups excluding carboxylic acids is 1. The molecular weight excluding hydrogens is 479 g/mol. The summed E-state index contributed by atoms with van der Waals surface area (Å²) in [6.45, 7) is 1.55. The van der Waals surface area contributed by atoms with Crippen molar-refractivity contribution in [1.82, 2.24) is 9.97 Å². The van der Waals surface area contributed by atoms with Crippen molar-refractivity contribution >= 4 is 50.6 Å². The molecule has 0 unspecified atom stereocenters. The van der Waals surface area contributed by atoms with Crippen LogP contribution >= 0.6 is 23.2 Å². The molecule has 1 heterocycles. The van der Waals surface area contributed by atoms with Gasteiger partial charge in [0.15, 0.2) is 6.10 Å². The lowest BCUT2D eigenvalue weighted by Gasteiger charge is -2.16. The fourth-order valence-electron chi connectivity index (χ4n) is 2.48. The minimum atomic E-state index is -3.91. The molecule has 1 aromatic heterocycles. The van der Waals surface area contributed by atoms with Crippen LogP contribution in [0.4, 0.5) is 11.5 Å². The maximum atomic E-state index is 12.6. The Balaban J connectivity index is 1.64. The van der Waals surface area contributed by atoms with Crippen molar-refractivity contribution in [2.75, 3.05) is 17.1 Å². The molecule has 9 nitrogen and oxygen atoms in total. The molecule has 12 heteroatoms. The monoisotopic (exact) mass is 496 g/mol. The van der Waals surface area contributed by atoms with Gasteiger partial charge in [0, 0.05) is 16.8 Å². The molecule has 1 amide bonds. The third-order valence-corrected chi connectivity index (χ3v) is 5.99. The average Bonchev–Trinajstić information content (AvgIpc) is 2.75. The Morgan fingerprint density at radius 2 is 1.78 bits per heavy atom. The number of anilines is 2. The quantitative estimate of drug-likeness (QED) is 0.483. The van der Waals surface area contributed by atoms with Crippen molar-refractivity contribution in [3.05, 3.63) is 64.9 Å². The van der Waals surface area contributed by atoms with Gasteiger partial charge in [-0.1, -0.05) is 23.2 Å². The van der Waals surface area contributed by atoms with Crippen molar-refractivity contribution in [2.45, 2.75) is 17.9 Å². The highest BCUT2D eigenvalue weighted by Crippen LogP contribution is 2.28. The van der Waals surface area contributed by atoms with Gasteiger partial charge >= 0.3 is 0 Å².